The molecule has 28 heavy (non-hydrogen) atoms. The Morgan fingerprint density at radius 3 is 2.68 bits per heavy atom. The van der Waals surface area contributed by atoms with Crippen LogP contribution >= 0.6 is 0 Å². The third-order valence-corrected chi connectivity index (χ3v) is 5.74. The zero-order valence-electron chi connectivity index (χ0n) is 14.7. The Morgan fingerprint density at radius 1 is 1.11 bits per heavy atom. The van der Waals surface area contributed by atoms with Crippen molar-refractivity contribution in [2.75, 3.05) is 31.2 Å². The number of nitrogens with zero attached hydrogens (tertiary/aromatic N) is 5. The van der Waals surface area contributed by atoms with Gasteiger partial charge in [0.2, 0.25) is 0 Å². The zero-order valence-corrected chi connectivity index (χ0v) is 15.6. The third kappa shape index (κ3) is 2.96. The summed E-state index contributed by atoms with van der Waals surface area (Å²) in [6, 6.07) is 5.73. The molecule has 2 aromatic heterocycles. The van der Waals surface area contributed by atoms with Crippen LogP contribution in [-0.4, -0.2) is 56.2 Å². The van der Waals surface area contributed by atoms with E-state index in [0.717, 1.165) is 41.1 Å². The summed E-state index contributed by atoms with van der Waals surface area (Å²) < 4.78 is 21.2. The van der Waals surface area contributed by atoms with Crippen molar-refractivity contribution in [3.63, 3.8) is 0 Å². The molecule has 1 atom stereocenters. The molecule has 1 N–H and O–H groups in total. The average Bonchev–Trinajstić information content (AvgIpc) is 3.30. The van der Waals surface area contributed by atoms with Crippen molar-refractivity contribution in [2.45, 2.75) is 0 Å². The van der Waals surface area contributed by atoms with Crippen molar-refractivity contribution < 1.29 is 13.7 Å². The standard InChI is InChI=1S/C18H16N6O3S/c25-17-8-18(28(26)22-17)24-15-2-1-12(7-13(15)9-21-24)14-10-20-16(11-19-14)23-3-5-27-6-4-23/h1-2,7-11H,3-6H2,(H,22,25). The highest BCUT2D eigenvalue weighted by atomic mass is 32.2. The van der Waals surface area contributed by atoms with Gasteiger partial charge < -0.3 is 9.64 Å². The maximum Gasteiger partial charge on any atom is 0.258 e. The molecule has 1 aromatic carbocycles. The van der Waals surface area contributed by atoms with Gasteiger partial charge in [0.1, 0.15) is 5.82 Å². The molecule has 9 nitrogen and oxygen atoms in total. The van der Waals surface area contributed by atoms with Gasteiger partial charge in [0, 0.05) is 30.1 Å². The SMILES string of the molecule is O=C1C=C(n2ncc3cc(-c4cnc(N5CCOCC5)cn4)ccc32)S(=O)N1. The molecular formula is C18H16N6O3S. The van der Waals surface area contributed by atoms with E-state index in [9.17, 15) is 9.00 Å². The lowest BCUT2D eigenvalue weighted by atomic mass is 10.1. The molecule has 1 fully saturated rings. The summed E-state index contributed by atoms with van der Waals surface area (Å²) in [5, 5.41) is 5.46. The van der Waals surface area contributed by atoms with Gasteiger partial charge in [0.05, 0.1) is 43.0 Å². The molecule has 0 spiro atoms. The molecule has 5 rings (SSSR count). The second-order valence-corrected chi connectivity index (χ2v) is 7.57. The van der Waals surface area contributed by atoms with Gasteiger partial charge in [-0.05, 0) is 12.1 Å². The monoisotopic (exact) mass is 396 g/mol. The molecule has 1 unspecified atom stereocenters. The van der Waals surface area contributed by atoms with E-state index in [4.69, 9.17) is 4.74 Å². The molecule has 0 bridgehead atoms. The van der Waals surface area contributed by atoms with Gasteiger partial charge in [-0.3, -0.25) is 14.5 Å². The van der Waals surface area contributed by atoms with Gasteiger partial charge in [-0.2, -0.15) is 5.10 Å². The number of nitrogens with one attached hydrogen (secondary N) is 1. The Labute approximate surface area is 162 Å². The lowest BCUT2D eigenvalue weighted by Crippen LogP contribution is -2.36. The molecule has 4 heterocycles. The van der Waals surface area contributed by atoms with Crippen LogP contribution in [-0.2, 0) is 20.5 Å². The summed E-state index contributed by atoms with van der Waals surface area (Å²) in [4.78, 5) is 22.7. The summed E-state index contributed by atoms with van der Waals surface area (Å²) in [6.07, 6.45) is 6.51. The molecule has 1 saturated heterocycles. The first kappa shape index (κ1) is 17.0. The molecule has 2 aliphatic rings. The van der Waals surface area contributed by atoms with Crippen LogP contribution in [0.1, 0.15) is 0 Å². The largest absolute Gasteiger partial charge is 0.378 e. The van der Waals surface area contributed by atoms with Crippen LogP contribution in [0.4, 0.5) is 5.82 Å². The van der Waals surface area contributed by atoms with E-state index in [-0.39, 0.29) is 5.91 Å². The summed E-state index contributed by atoms with van der Waals surface area (Å²) in [6.45, 7) is 3.03. The van der Waals surface area contributed by atoms with E-state index in [2.05, 4.69) is 24.7 Å². The minimum atomic E-state index is -1.60. The Balaban J connectivity index is 1.45. The highest BCUT2D eigenvalue weighted by Crippen LogP contribution is 2.26. The Bertz CT molecular complexity index is 1120. The van der Waals surface area contributed by atoms with Crippen LogP contribution in [0.2, 0.25) is 0 Å². The zero-order chi connectivity index (χ0) is 19.1. The van der Waals surface area contributed by atoms with E-state index >= 15 is 0 Å². The lowest BCUT2D eigenvalue weighted by Gasteiger charge is -2.27. The quantitative estimate of drug-likeness (QED) is 0.702. The Kier molecular flexibility index (Phi) is 4.14. The number of anilines is 1. The molecule has 0 aliphatic carbocycles. The first-order chi connectivity index (χ1) is 13.7. The topological polar surface area (TPSA) is 102 Å². The van der Waals surface area contributed by atoms with Crippen molar-refractivity contribution in [3.05, 3.63) is 42.9 Å². The maximum absolute atomic E-state index is 12.0. The fourth-order valence-corrected chi connectivity index (χ4v) is 4.14. The van der Waals surface area contributed by atoms with Crippen molar-refractivity contribution >= 4 is 38.6 Å². The molecule has 142 valence electrons. The van der Waals surface area contributed by atoms with E-state index in [1.807, 2.05) is 18.2 Å². The van der Waals surface area contributed by atoms with Crippen LogP contribution in [0.15, 0.2) is 42.9 Å². The number of hydrogen-bond donors (Lipinski definition) is 1. The summed E-state index contributed by atoms with van der Waals surface area (Å²) >= 11 is 0. The minimum Gasteiger partial charge on any atom is -0.378 e. The molecule has 0 saturated carbocycles. The Morgan fingerprint density at radius 2 is 1.96 bits per heavy atom. The Hall–Kier alpha value is -3.11. The third-order valence-electron chi connectivity index (χ3n) is 4.68. The molecule has 10 heteroatoms. The first-order valence-electron chi connectivity index (χ1n) is 8.76. The summed E-state index contributed by atoms with van der Waals surface area (Å²) in [5.74, 6) is 0.456. The van der Waals surface area contributed by atoms with E-state index in [0.29, 0.717) is 18.2 Å². The number of fused-ring (bicyclic) bond motifs is 1. The minimum absolute atomic E-state index is 0.322. The maximum atomic E-state index is 12.0. The van der Waals surface area contributed by atoms with Crippen LogP contribution in [0.5, 0.6) is 0 Å². The van der Waals surface area contributed by atoms with E-state index in [1.54, 1.807) is 18.6 Å². The molecule has 1 amide bonds. The fraction of sp³-hybridized carbons (Fsp3) is 0.222. The lowest BCUT2D eigenvalue weighted by molar-refractivity contribution is -0.114. The molecule has 0 radical (unpaired) electrons. The van der Waals surface area contributed by atoms with Gasteiger partial charge in [-0.15, -0.1) is 0 Å². The van der Waals surface area contributed by atoms with Crippen LogP contribution in [0.25, 0.3) is 27.2 Å². The van der Waals surface area contributed by atoms with Gasteiger partial charge >= 0.3 is 0 Å². The number of carbonyl (C=O) groups excluding carboxylic acids is 1. The van der Waals surface area contributed by atoms with Crippen molar-refractivity contribution in [1.82, 2.24) is 24.5 Å². The highest BCUT2D eigenvalue weighted by Gasteiger charge is 2.23. The highest BCUT2D eigenvalue weighted by molar-refractivity contribution is 7.93. The molecular weight excluding hydrogens is 380 g/mol. The van der Waals surface area contributed by atoms with E-state index < -0.39 is 11.0 Å². The van der Waals surface area contributed by atoms with Gasteiger partial charge in [-0.25, -0.2) is 13.9 Å². The van der Waals surface area contributed by atoms with Gasteiger partial charge in [0.25, 0.3) is 5.91 Å². The molecule has 2 aliphatic heterocycles. The van der Waals surface area contributed by atoms with Crippen LogP contribution in [0, 0.1) is 0 Å². The predicted molar refractivity (Wildman–Crippen MR) is 104 cm³/mol. The van der Waals surface area contributed by atoms with Gasteiger partial charge in [0.15, 0.2) is 16.0 Å². The number of amides is 1. The number of morpholine rings is 1. The van der Waals surface area contributed by atoms with Crippen LogP contribution in [0.3, 0.4) is 0 Å². The van der Waals surface area contributed by atoms with Crippen molar-refractivity contribution in [2.24, 2.45) is 0 Å². The summed E-state index contributed by atoms with van der Waals surface area (Å²) in [7, 11) is -1.60. The number of carbonyl (C=O) groups is 1. The van der Waals surface area contributed by atoms with Crippen molar-refractivity contribution in [3.8, 4) is 11.3 Å². The normalized spacial score (nSPS) is 19.7. The number of hydrogen-bond acceptors (Lipinski definition) is 7. The van der Waals surface area contributed by atoms with Gasteiger partial charge in [-0.1, -0.05) is 6.07 Å². The van der Waals surface area contributed by atoms with E-state index in [1.165, 1.54) is 10.8 Å². The van der Waals surface area contributed by atoms with Crippen LogP contribution < -0.4 is 9.62 Å². The number of rotatable bonds is 3. The molecule has 3 aromatic rings. The smallest absolute Gasteiger partial charge is 0.258 e. The second kappa shape index (κ2) is 6.80. The predicted octanol–water partition coefficient (Wildman–Crippen LogP) is 0.922. The average molecular weight is 396 g/mol. The fourth-order valence-electron chi connectivity index (χ4n) is 3.27. The number of benzene rings is 1. The van der Waals surface area contributed by atoms with Crippen molar-refractivity contribution in [1.29, 1.82) is 0 Å². The second-order valence-electron chi connectivity index (χ2n) is 6.41. The summed E-state index contributed by atoms with van der Waals surface area (Å²) in [5.41, 5.74) is 2.42. The number of aromatic nitrogens is 4. The number of ether oxygens (including phenoxy) is 1. The first-order valence-corrected chi connectivity index (χ1v) is 9.91.